The standard InChI is InChI=1S/C15H25N5/c1-6-7-14(19-12(3)18)13(10-17)11(2)15(8-9-16)20(4)5/h6-10H,3,16-18H2,1-2,4-5H3/b7-6-,9-8-,13-10+,15-11-,19-14+. The first-order valence-corrected chi connectivity index (χ1v) is 6.23. The van der Waals surface area contributed by atoms with Crippen molar-refractivity contribution in [1.82, 2.24) is 4.90 Å². The van der Waals surface area contributed by atoms with Crippen LogP contribution in [0.3, 0.4) is 0 Å². The first kappa shape index (κ1) is 17.6. The Balaban J connectivity index is 6.01. The zero-order chi connectivity index (χ0) is 15.7. The summed E-state index contributed by atoms with van der Waals surface area (Å²) in [5.74, 6) is 0.228. The summed E-state index contributed by atoms with van der Waals surface area (Å²) in [6.45, 7) is 7.45. The molecule has 0 atom stereocenters. The maximum Gasteiger partial charge on any atom is 0.116 e. The highest BCUT2D eigenvalue weighted by atomic mass is 15.1. The molecule has 0 aromatic heterocycles. The summed E-state index contributed by atoms with van der Waals surface area (Å²) in [5, 5.41) is 0. The summed E-state index contributed by atoms with van der Waals surface area (Å²) in [6, 6.07) is 0. The Hall–Kier alpha value is -2.43. The van der Waals surface area contributed by atoms with Crippen LogP contribution in [0, 0.1) is 0 Å². The number of nitrogens with two attached hydrogens (primary N) is 3. The van der Waals surface area contributed by atoms with Gasteiger partial charge in [-0.2, -0.15) is 0 Å². The number of likely N-dealkylation sites (N-methyl/N-ethyl adjacent to an activating group) is 1. The smallest absolute Gasteiger partial charge is 0.116 e. The van der Waals surface area contributed by atoms with Gasteiger partial charge in [-0.1, -0.05) is 12.7 Å². The van der Waals surface area contributed by atoms with Crippen LogP contribution in [0.4, 0.5) is 0 Å². The van der Waals surface area contributed by atoms with Crippen LogP contribution in [0.2, 0.25) is 0 Å². The predicted octanol–water partition coefficient (Wildman–Crippen LogP) is 1.58. The highest BCUT2D eigenvalue weighted by Crippen LogP contribution is 2.19. The van der Waals surface area contributed by atoms with Crippen molar-refractivity contribution in [1.29, 1.82) is 0 Å². The number of nitrogens with zero attached hydrogens (tertiary/aromatic N) is 2. The molecule has 5 heteroatoms. The molecule has 0 aromatic carbocycles. The third-order valence-electron chi connectivity index (χ3n) is 2.56. The van der Waals surface area contributed by atoms with Gasteiger partial charge in [0.15, 0.2) is 0 Å². The number of hydrogen-bond donors (Lipinski definition) is 3. The maximum atomic E-state index is 5.76. The largest absolute Gasteiger partial charge is 0.405 e. The lowest BCUT2D eigenvalue weighted by atomic mass is 10.00. The number of rotatable bonds is 6. The van der Waals surface area contributed by atoms with Crippen LogP contribution in [-0.2, 0) is 0 Å². The predicted molar refractivity (Wildman–Crippen MR) is 87.6 cm³/mol. The molecule has 0 amide bonds. The minimum Gasteiger partial charge on any atom is -0.405 e. The average Bonchev–Trinajstić information content (AvgIpc) is 2.35. The minimum atomic E-state index is 0.228. The van der Waals surface area contributed by atoms with E-state index in [2.05, 4.69) is 11.6 Å². The van der Waals surface area contributed by atoms with E-state index < -0.39 is 0 Å². The summed E-state index contributed by atoms with van der Waals surface area (Å²) in [5.41, 5.74) is 20.1. The number of aliphatic imine (C=N–C) groups is 1. The van der Waals surface area contributed by atoms with Gasteiger partial charge in [-0.05, 0) is 37.8 Å². The fraction of sp³-hybridized carbons (Fsp3) is 0.267. The van der Waals surface area contributed by atoms with Crippen molar-refractivity contribution in [3.05, 3.63) is 59.9 Å². The molecule has 0 unspecified atom stereocenters. The van der Waals surface area contributed by atoms with Crippen molar-refractivity contribution in [2.75, 3.05) is 14.1 Å². The van der Waals surface area contributed by atoms with Gasteiger partial charge >= 0.3 is 0 Å². The van der Waals surface area contributed by atoms with Crippen LogP contribution >= 0.6 is 0 Å². The molecule has 6 N–H and O–H groups in total. The lowest BCUT2D eigenvalue weighted by Gasteiger charge is -2.19. The van der Waals surface area contributed by atoms with Crippen molar-refractivity contribution >= 4 is 5.71 Å². The zero-order valence-electron chi connectivity index (χ0n) is 12.7. The molecule has 0 saturated carbocycles. The summed E-state index contributed by atoms with van der Waals surface area (Å²) >= 11 is 0. The van der Waals surface area contributed by atoms with E-state index in [9.17, 15) is 0 Å². The Morgan fingerprint density at radius 2 is 1.80 bits per heavy atom. The van der Waals surface area contributed by atoms with E-state index in [1.165, 1.54) is 12.4 Å². The van der Waals surface area contributed by atoms with Crippen molar-refractivity contribution in [2.24, 2.45) is 22.2 Å². The molecule has 5 nitrogen and oxygen atoms in total. The molecular formula is C15H25N5. The van der Waals surface area contributed by atoms with Crippen LogP contribution in [-0.4, -0.2) is 24.7 Å². The first-order chi connectivity index (χ1) is 9.38. The van der Waals surface area contributed by atoms with E-state index >= 15 is 0 Å². The third kappa shape index (κ3) is 5.06. The molecule has 0 aliphatic heterocycles. The topological polar surface area (TPSA) is 93.7 Å². The van der Waals surface area contributed by atoms with Gasteiger partial charge in [0, 0.05) is 31.6 Å². The Kier molecular flexibility index (Phi) is 7.58. The third-order valence-corrected chi connectivity index (χ3v) is 2.56. The molecular weight excluding hydrogens is 250 g/mol. The molecule has 0 fully saturated rings. The second-order valence-corrected chi connectivity index (χ2v) is 4.33. The van der Waals surface area contributed by atoms with Crippen molar-refractivity contribution < 1.29 is 0 Å². The molecule has 0 rings (SSSR count). The summed E-state index contributed by atoms with van der Waals surface area (Å²) in [6.07, 6.45) is 8.50. The number of allylic oxidation sites excluding steroid dienone is 5. The average molecular weight is 275 g/mol. The van der Waals surface area contributed by atoms with Gasteiger partial charge in [-0.15, -0.1) is 0 Å². The van der Waals surface area contributed by atoms with Crippen LogP contribution in [0.5, 0.6) is 0 Å². The normalized spacial score (nSPS) is 14.8. The molecule has 0 saturated heterocycles. The van der Waals surface area contributed by atoms with Crippen LogP contribution in [0.1, 0.15) is 13.8 Å². The van der Waals surface area contributed by atoms with Gasteiger partial charge in [0.05, 0.1) is 5.71 Å². The van der Waals surface area contributed by atoms with Crippen LogP contribution in [0.25, 0.3) is 0 Å². The van der Waals surface area contributed by atoms with Crippen LogP contribution < -0.4 is 17.2 Å². The van der Waals surface area contributed by atoms with E-state index in [0.29, 0.717) is 5.71 Å². The molecule has 0 aromatic rings. The molecule has 20 heavy (non-hydrogen) atoms. The molecule has 0 aliphatic carbocycles. The molecule has 0 bridgehead atoms. The minimum absolute atomic E-state index is 0.228. The quantitative estimate of drug-likeness (QED) is 0.507. The van der Waals surface area contributed by atoms with Crippen molar-refractivity contribution in [2.45, 2.75) is 13.8 Å². The Morgan fingerprint density at radius 1 is 1.20 bits per heavy atom. The van der Waals surface area contributed by atoms with E-state index in [-0.39, 0.29) is 5.82 Å². The fourth-order valence-corrected chi connectivity index (χ4v) is 1.74. The van der Waals surface area contributed by atoms with Gasteiger partial charge in [-0.25, -0.2) is 4.99 Å². The molecule has 110 valence electrons. The van der Waals surface area contributed by atoms with Gasteiger partial charge in [0.1, 0.15) is 5.82 Å². The van der Waals surface area contributed by atoms with E-state index in [1.807, 2.05) is 51.1 Å². The Bertz CT molecular complexity index is 490. The van der Waals surface area contributed by atoms with Crippen LogP contribution in [0.15, 0.2) is 64.9 Å². The summed E-state index contributed by atoms with van der Waals surface area (Å²) < 4.78 is 0. The van der Waals surface area contributed by atoms with Gasteiger partial charge in [-0.3, -0.25) is 0 Å². The van der Waals surface area contributed by atoms with Gasteiger partial charge in [0.2, 0.25) is 0 Å². The lowest BCUT2D eigenvalue weighted by Crippen LogP contribution is -2.15. The Morgan fingerprint density at radius 3 is 2.15 bits per heavy atom. The molecule has 0 radical (unpaired) electrons. The SMILES string of the molecule is C=C(N)/N=C(\C=C/C)C(=C/N)/C(C)=C(/C=C\N)N(C)C. The fourth-order valence-electron chi connectivity index (χ4n) is 1.74. The summed E-state index contributed by atoms with van der Waals surface area (Å²) in [4.78, 5) is 6.17. The molecule has 0 aliphatic rings. The second-order valence-electron chi connectivity index (χ2n) is 4.33. The van der Waals surface area contributed by atoms with E-state index in [0.717, 1.165) is 16.8 Å². The molecule has 0 heterocycles. The maximum absolute atomic E-state index is 5.76. The second kappa shape index (κ2) is 8.63. The first-order valence-electron chi connectivity index (χ1n) is 6.23. The van der Waals surface area contributed by atoms with E-state index in [1.54, 1.807) is 0 Å². The van der Waals surface area contributed by atoms with Gasteiger partial charge < -0.3 is 22.1 Å². The number of hydrogen-bond acceptors (Lipinski definition) is 5. The highest BCUT2D eigenvalue weighted by molar-refractivity contribution is 6.11. The highest BCUT2D eigenvalue weighted by Gasteiger charge is 2.11. The Labute approximate surface area is 121 Å². The zero-order valence-corrected chi connectivity index (χ0v) is 12.7. The van der Waals surface area contributed by atoms with Crippen molar-refractivity contribution in [3.8, 4) is 0 Å². The summed E-state index contributed by atoms with van der Waals surface area (Å²) in [7, 11) is 3.86. The monoisotopic (exact) mass is 275 g/mol. The molecule has 0 spiro atoms. The van der Waals surface area contributed by atoms with Crippen molar-refractivity contribution in [3.63, 3.8) is 0 Å². The van der Waals surface area contributed by atoms with Gasteiger partial charge in [0.25, 0.3) is 0 Å². The van der Waals surface area contributed by atoms with E-state index in [4.69, 9.17) is 17.2 Å². The lowest BCUT2D eigenvalue weighted by molar-refractivity contribution is 0.524.